The van der Waals surface area contributed by atoms with Gasteiger partial charge in [0.05, 0.1) is 24.0 Å². The molecule has 2 amide bonds. The minimum Gasteiger partial charge on any atom is -0.493 e. The zero-order chi connectivity index (χ0) is 20.5. The molecule has 2 aromatic rings. The number of ether oxygens (including phenoxy) is 2. The molecule has 2 rings (SSSR count). The minimum atomic E-state index is -0.368. The first kappa shape index (κ1) is 22.0. The van der Waals surface area contributed by atoms with Crippen LogP contribution in [0.2, 0.25) is 5.02 Å². The van der Waals surface area contributed by atoms with Crippen LogP contribution < -0.4 is 20.2 Å². The van der Waals surface area contributed by atoms with Crippen molar-refractivity contribution in [2.75, 3.05) is 19.5 Å². The number of carbonyl (C=O) groups excluding carboxylic acids is 2. The third kappa shape index (κ3) is 6.68. The summed E-state index contributed by atoms with van der Waals surface area (Å²) >= 11 is 7.99. The second kappa shape index (κ2) is 10.9. The first-order valence-electron chi connectivity index (χ1n) is 8.21. The first-order chi connectivity index (χ1) is 13.4. The fourth-order valence-electron chi connectivity index (χ4n) is 2.26. The van der Waals surface area contributed by atoms with Crippen LogP contribution in [0.5, 0.6) is 11.5 Å². The summed E-state index contributed by atoms with van der Waals surface area (Å²) in [4.78, 5) is 23.8. The Morgan fingerprint density at radius 2 is 1.89 bits per heavy atom. The van der Waals surface area contributed by atoms with Crippen LogP contribution in [-0.4, -0.2) is 32.2 Å². The maximum Gasteiger partial charge on any atom is 0.240 e. The molecule has 9 heteroatoms. The summed E-state index contributed by atoms with van der Waals surface area (Å²) in [5, 5.41) is 7.12. The van der Waals surface area contributed by atoms with E-state index >= 15 is 0 Å². The first-order valence-corrected chi connectivity index (χ1v) is 9.67. The summed E-state index contributed by atoms with van der Waals surface area (Å²) in [5.74, 6) is 0.554. The normalized spacial score (nSPS) is 10.6. The van der Waals surface area contributed by atoms with Gasteiger partial charge in [0.15, 0.2) is 11.5 Å². The molecule has 148 valence electrons. The maximum atomic E-state index is 11.9. The third-order valence-corrected chi connectivity index (χ3v) is 4.58. The van der Waals surface area contributed by atoms with Crippen LogP contribution in [0, 0.1) is 3.57 Å². The lowest BCUT2D eigenvalue weighted by Gasteiger charge is -2.10. The zero-order valence-electron chi connectivity index (χ0n) is 15.3. The fourth-order valence-corrected chi connectivity index (χ4v) is 3.30. The number of amides is 2. The van der Waals surface area contributed by atoms with Crippen molar-refractivity contribution in [3.8, 4) is 11.5 Å². The predicted octanol–water partition coefficient (Wildman–Crippen LogP) is 3.83. The second-order valence-corrected chi connectivity index (χ2v) is 7.19. The van der Waals surface area contributed by atoms with Gasteiger partial charge in [-0.1, -0.05) is 17.7 Å². The Balaban J connectivity index is 1.83. The molecule has 0 saturated carbocycles. The van der Waals surface area contributed by atoms with E-state index in [9.17, 15) is 9.59 Å². The van der Waals surface area contributed by atoms with E-state index in [1.807, 2.05) is 6.07 Å². The molecule has 0 fully saturated rings. The van der Waals surface area contributed by atoms with Gasteiger partial charge in [-0.05, 0) is 58.5 Å². The lowest BCUT2D eigenvalue weighted by Crippen LogP contribution is -2.20. The molecule has 0 aliphatic carbocycles. The summed E-state index contributed by atoms with van der Waals surface area (Å²) in [6.07, 6.45) is 1.53. The maximum absolute atomic E-state index is 11.9. The molecule has 0 aliphatic heterocycles. The van der Waals surface area contributed by atoms with Gasteiger partial charge in [0.25, 0.3) is 0 Å². The molecule has 0 atom stereocenters. The Morgan fingerprint density at radius 3 is 2.57 bits per heavy atom. The van der Waals surface area contributed by atoms with Gasteiger partial charge in [-0.3, -0.25) is 9.59 Å². The molecule has 2 N–H and O–H groups in total. The number of anilines is 1. The van der Waals surface area contributed by atoms with Crippen molar-refractivity contribution in [2.24, 2.45) is 5.10 Å². The van der Waals surface area contributed by atoms with Gasteiger partial charge < -0.3 is 14.8 Å². The highest BCUT2D eigenvalue weighted by Gasteiger charge is 2.10. The van der Waals surface area contributed by atoms with E-state index in [0.29, 0.717) is 22.2 Å². The van der Waals surface area contributed by atoms with Gasteiger partial charge in [0.1, 0.15) is 0 Å². The summed E-state index contributed by atoms with van der Waals surface area (Å²) in [6, 6.07) is 10.4. The molecule has 0 aliphatic rings. The van der Waals surface area contributed by atoms with E-state index in [2.05, 4.69) is 38.4 Å². The molecule has 0 saturated heterocycles. The molecular weight excluding hydrogens is 497 g/mol. The van der Waals surface area contributed by atoms with Gasteiger partial charge in [0, 0.05) is 23.6 Å². The molecular formula is C19H19ClIN3O4. The van der Waals surface area contributed by atoms with E-state index < -0.39 is 0 Å². The SMILES string of the molecule is COc1cc(C=NNC(=O)CCC(=O)Nc2cccc(Cl)c2)cc(I)c1OC. The van der Waals surface area contributed by atoms with Crippen LogP contribution in [0.1, 0.15) is 18.4 Å². The van der Waals surface area contributed by atoms with Crippen LogP contribution in [0.4, 0.5) is 5.69 Å². The van der Waals surface area contributed by atoms with Crippen molar-refractivity contribution in [3.63, 3.8) is 0 Å². The van der Waals surface area contributed by atoms with Crippen LogP contribution in [0.15, 0.2) is 41.5 Å². The quantitative estimate of drug-likeness (QED) is 0.318. The van der Waals surface area contributed by atoms with E-state index in [1.165, 1.54) is 6.21 Å². The van der Waals surface area contributed by atoms with E-state index in [1.54, 1.807) is 44.6 Å². The van der Waals surface area contributed by atoms with Gasteiger partial charge in [-0.15, -0.1) is 0 Å². The number of carbonyl (C=O) groups is 2. The predicted molar refractivity (Wildman–Crippen MR) is 117 cm³/mol. The number of nitrogens with one attached hydrogen (secondary N) is 2. The molecule has 2 aromatic carbocycles. The number of methoxy groups -OCH3 is 2. The summed E-state index contributed by atoms with van der Waals surface area (Å²) in [5.41, 5.74) is 3.72. The average molecular weight is 516 g/mol. The number of halogens is 2. The minimum absolute atomic E-state index is 0.00715. The third-order valence-electron chi connectivity index (χ3n) is 3.55. The number of rotatable bonds is 8. The topological polar surface area (TPSA) is 89.0 Å². The van der Waals surface area contributed by atoms with E-state index in [0.717, 1.165) is 9.13 Å². The van der Waals surface area contributed by atoms with Crippen LogP contribution >= 0.6 is 34.2 Å². The van der Waals surface area contributed by atoms with Crippen molar-refractivity contribution in [1.29, 1.82) is 0 Å². The molecule has 28 heavy (non-hydrogen) atoms. The smallest absolute Gasteiger partial charge is 0.240 e. The lowest BCUT2D eigenvalue weighted by atomic mass is 10.2. The summed E-state index contributed by atoms with van der Waals surface area (Å²) in [6.45, 7) is 0. The van der Waals surface area contributed by atoms with Crippen molar-refractivity contribution >= 4 is 57.9 Å². The summed E-state index contributed by atoms with van der Waals surface area (Å²) < 4.78 is 11.4. The van der Waals surface area contributed by atoms with Crippen molar-refractivity contribution in [2.45, 2.75) is 12.8 Å². The van der Waals surface area contributed by atoms with Gasteiger partial charge >= 0.3 is 0 Å². The Kier molecular flexibility index (Phi) is 8.52. The van der Waals surface area contributed by atoms with E-state index in [4.69, 9.17) is 21.1 Å². The second-order valence-electron chi connectivity index (χ2n) is 5.59. The van der Waals surface area contributed by atoms with Crippen LogP contribution in [0.3, 0.4) is 0 Å². The zero-order valence-corrected chi connectivity index (χ0v) is 18.2. The fraction of sp³-hybridized carbons (Fsp3) is 0.211. The molecule has 7 nitrogen and oxygen atoms in total. The lowest BCUT2D eigenvalue weighted by molar-refractivity contribution is -0.124. The number of hydrazone groups is 1. The number of hydrogen-bond acceptors (Lipinski definition) is 5. The number of benzene rings is 2. The Bertz CT molecular complexity index is 889. The number of nitrogens with zero attached hydrogens (tertiary/aromatic N) is 1. The largest absolute Gasteiger partial charge is 0.493 e. The van der Waals surface area contributed by atoms with Crippen molar-refractivity contribution < 1.29 is 19.1 Å². The molecule has 0 aromatic heterocycles. The average Bonchev–Trinajstić information content (AvgIpc) is 2.66. The van der Waals surface area contributed by atoms with Crippen LogP contribution in [-0.2, 0) is 9.59 Å². The Labute approximate surface area is 181 Å². The van der Waals surface area contributed by atoms with Crippen molar-refractivity contribution in [1.82, 2.24) is 5.43 Å². The molecule has 0 bridgehead atoms. The molecule has 0 spiro atoms. The summed E-state index contributed by atoms with van der Waals surface area (Å²) in [7, 11) is 3.11. The monoisotopic (exact) mass is 515 g/mol. The van der Waals surface area contributed by atoms with Crippen molar-refractivity contribution in [3.05, 3.63) is 50.6 Å². The highest BCUT2D eigenvalue weighted by atomic mass is 127. The van der Waals surface area contributed by atoms with E-state index in [-0.39, 0.29) is 24.7 Å². The van der Waals surface area contributed by atoms with Gasteiger partial charge in [0.2, 0.25) is 11.8 Å². The Hall–Kier alpha value is -2.33. The molecule has 0 radical (unpaired) electrons. The number of hydrogen-bond donors (Lipinski definition) is 2. The standard InChI is InChI=1S/C19H19ClIN3O4/c1-27-16-9-12(8-15(21)19(16)28-2)11-22-24-18(26)7-6-17(25)23-14-5-3-4-13(20)10-14/h3-5,8-11H,6-7H2,1-2H3,(H,23,25)(H,24,26). The molecule has 0 heterocycles. The highest BCUT2D eigenvalue weighted by molar-refractivity contribution is 14.1. The van der Waals surface area contributed by atoms with Gasteiger partial charge in [-0.2, -0.15) is 5.10 Å². The molecule has 0 unspecified atom stereocenters. The van der Waals surface area contributed by atoms with Crippen LogP contribution in [0.25, 0.3) is 0 Å². The Morgan fingerprint density at radius 1 is 1.14 bits per heavy atom. The highest BCUT2D eigenvalue weighted by Crippen LogP contribution is 2.32. The van der Waals surface area contributed by atoms with Gasteiger partial charge in [-0.25, -0.2) is 5.43 Å².